The molecule has 0 bridgehead atoms. The molecular formula is C16H17N5O2. The number of rotatable bonds is 2. The summed E-state index contributed by atoms with van der Waals surface area (Å²) < 4.78 is 2.39. The highest BCUT2D eigenvalue weighted by molar-refractivity contribution is 5.87. The zero-order valence-corrected chi connectivity index (χ0v) is 13.4. The van der Waals surface area contributed by atoms with Crippen molar-refractivity contribution in [2.75, 3.05) is 5.32 Å². The number of nitrogens with zero attached hydrogens (tertiary/aromatic N) is 4. The molecule has 0 atom stereocenters. The van der Waals surface area contributed by atoms with Crippen molar-refractivity contribution < 1.29 is 0 Å². The van der Waals surface area contributed by atoms with Gasteiger partial charge in [0, 0.05) is 19.8 Å². The highest BCUT2D eigenvalue weighted by atomic mass is 16.2. The Morgan fingerprint density at radius 2 is 1.74 bits per heavy atom. The Bertz CT molecular complexity index is 1030. The molecule has 0 saturated heterocycles. The average molecular weight is 311 g/mol. The van der Waals surface area contributed by atoms with Crippen LogP contribution in [0.25, 0.3) is 11.0 Å². The topological polar surface area (TPSA) is 81.8 Å². The zero-order chi connectivity index (χ0) is 16.7. The minimum Gasteiger partial charge on any atom is -0.339 e. The minimum atomic E-state index is -0.421. The maximum atomic E-state index is 12.5. The monoisotopic (exact) mass is 311 g/mol. The fourth-order valence-corrected chi connectivity index (χ4v) is 2.45. The van der Waals surface area contributed by atoms with E-state index in [9.17, 15) is 9.59 Å². The molecule has 0 saturated carbocycles. The molecule has 0 unspecified atom stereocenters. The molecule has 0 aliphatic heterocycles. The van der Waals surface area contributed by atoms with Crippen molar-refractivity contribution in [3.63, 3.8) is 0 Å². The third kappa shape index (κ3) is 2.40. The highest BCUT2D eigenvalue weighted by Crippen LogP contribution is 2.21. The summed E-state index contributed by atoms with van der Waals surface area (Å²) in [6.07, 6.45) is 1.34. The molecule has 3 aromatic rings. The van der Waals surface area contributed by atoms with E-state index in [1.807, 2.05) is 32.0 Å². The smallest absolute Gasteiger partial charge is 0.332 e. The number of aryl methyl sites for hydroxylation is 3. The molecule has 0 aliphatic rings. The van der Waals surface area contributed by atoms with E-state index in [4.69, 9.17) is 0 Å². The van der Waals surface area contributed by atoms with Crippen LogP contribution in [-0.4, -0.2) is 19.1 Å². The molecule has 0 spiro atoms. The summed E-state index contributed by atoms with van der Waals surface area (Å²) in [5.41, 5.74) is 2.60. The first-order chi connectivity index (χ1) is 10.9. The van der Waals surface area contributed by atoms with E-state index in [0.717, 1.165) is 15.8 Å². The van der Waals surface area contributed by atoms with Gasteiger partial charge in [0.2, 0.25) is 0 Å². The van der Waals surface area contributed by atoms with Crippen molar-refractivity contribution in [3.05, 3.63) is 56.5 Å². The maximum absolute atomic E-state index is 12.5. The number of aromatic nitrogens is 4. The first kappa shape index (κ1) is 15.0. The average Bonchev–Trinajstić information content (AvgIpc) is 2.54. The van der Waals surface area contributed by atoms with Gasteiger partial charge in [-0.05, 0) is 37.1 Å². The van der Waals surface area contributed by atoms with E-state index in [-0.39, 0.29) is 5.39 Å². The predicted molar refractivity (Wildman–Crippen MR) is 89.2 cm³/mol. The molecule has 23 heavy (non-hydrogen) atoms. The molecule has 118 valence electrons. The highest BCUT2D eigenvalue weighted by Gasteiger charge is 2.14. The molecule has 0 amide bonds. The second kappa shape index (κ2) is 5.35. The van der Waals surface area contributed by atoms with E-state index in [0.29, 0.717) is 11.5 Å². The lowest BCUT2D eigenvalue weighted by Crippen LogP contribution is -2.37. The number of hydrogen-bond donors (Lipinski definition) is 1. The summed E-state index contributed by atoms with van der Waals surface area (Å²) in [5, 5.41) is 3.44. The summed E-state index contributed by atoms with van der Waals surface area (Å²) in [6.45, 7) is 4.05. The Labute approximate surface area is 132 Å². The first-order valence-electron chi connectivity index (χ1n) is 7.15. The summed E-state index contributed by atoms with van der Waals surface area (Å²) >= 11 is 0. The fraction of sp³-hybridized carbons (Fsp3) is 0.250. The van der Waals surface area contributed by atoms with Gasteiger partial charge in [0.25, 0.3) is 5.56 Å². The third-order valence-electron chi connectivity index (χ3n) is 4.01. The molecule has 0 radical (unpaired) electrons. The molecule has 2 aromatic heterocycles. The van der Waals surface area contributed by atoms with Crippen LogP contribution < -0.4 is 16.6 Å². The van der Waals surface area contributed by atoms with Crippen LogP contribution in [0.15, 0.2) is 34.1 Å². The second-order valence-corrected chi connectivity index (χ2v) is 5.55. The summed E-state index contributed by atoms with van der Waals surface area (Å²) in [7, 11) is 3.02. The zero-order valence-electron chi connectivity index (χ0n) is 13.4. The van der Waals surface area contributed by atoms with Crippen molar-refractivity contribution in [1.82, 2.24) is 19.1 Å². The largest absolute Gasteiger partial charge is 0.339 e. The van der Waals surface area contributed by atoms with Crippen molar-refractivity contribution in [1.29, 1.82) is 0 Å². The maximum Gasteiger partial charge on any atom is 0.332 e. The molecule has 0 fully saturated rings. The lowest BCUT2D eigenvalue weighted by molar-refractivity contribution is 0.706. The number of benzene rings is 1. The summed E-state index contributed by atoms with van der Waals surface area (Å²) in [6, 6.07) is 5.90. The van der Waals surface area contributed by atoms with Gasteiger partial charge in [0.15, 0.2) is 5.65 Å². The molecule has 1 aromatic carbocycles. The first-order valence-corrected chi connectivity index (χ1v) is 7.15. The van der Waals surface area contributed by atoms with Crippen molar-refractivity contribution in [3.8, 4) is 0 Å². The summed E-state index contributed by atoms with van der Waals surface area (Å²) in [4.78, 5) is 32.7. The van der Waals surface area contributed by atoms with Gasteiger partial charge in [0.05, 0.1) is 0 Å². The molecule has 7 nitrogen and oxygen atoms in total. The summed E-state index contributed by atoms with van der Waals surface area (Å²) in [5.74, 6) is 0.384. The standard InChI is InChI=1S/C16H17N5O2/c1-9-5-6-11(7-10(9)2)19-13-12-14(18-8-17-13)20(3)16(23)21(4)15(12)22/h5-8H,1-4H3,(H,17,18,19). The molecule has 0 aliphatic carbocycles. The van der Waals surface area contributed by atoms with Crippen molar-refractivity contribution >= 4 is 22.5 Å². The number of anilines is 2. The number of fused-ring (bicyclic) bond motifs is 1. The molecule has 2 heterocycles. The van der Waals surface area contributed by atoms with Gasteiger partial charge in [-0.3, -0.25) is 13.9 Å². The normalized spacial score (nSPS) is 11.0. The van der Waals surface area contributed by atoms with Crippen LogP contribution in [0.1, 0.15) is 11.1 Å². The number of hydrogen-bond acceptors (Lipinski definition) is 5. The van der Waals surface area contributed by atoms with Crippen LogP contribution >= 0.6 is 0 Å². The SMILES string of the molecule is Cc1ccc(Nc2ncnc3c2c(=O)n(C)c(=O)n3C)cc1C. The van der Waals surface area contributed by atoms with Crippen LogP contribution in [0.2, 0.25) is 0 Å². The van der Waals surface area contributed by atoms with E-state index >= 15 is 0 Å². The van der Waals surface area contributed by atoms with Gasteiger partial charge in [-0.2, -0.15) is 0 Å². The van der Waals surface area contributed by atoms with E-state index < -0.39 is 11.2 Å². The minimum absolute atomic E-state index is 0.287. The van der Waals surface area contributed by atoms with Gasteiger partial charge in [-0.25, -0.2) is 14.8 Å². The van der Waals surface area contributed by atoms with E-state index in [1.54, 1.807) is 7.05 Å². The Morgan fingerprint density at radius 3 is 2.43 bits per heavy atom. The predicted octanol–water partition coefficient (Wildman–Crippen LogP) is 1.39. The lowest BCUT2D eigenvalue weighted by atomic mass is 10.1. The van der Waals surface area contributed by atoms with Crippen LogP contribution in [-0.2, 0) is 14.1 Å². The van der Waals surface area contributed by atoms with E-state index in [1.165, 1.54) is 23.5 Å². The molecular weight excluding hydrogens is 294 g/mol. The Balaban J connectivity index is 2.24. The quantitative estimate of drug-likeness (QED) is 0.773. The van der Waals surface area contributed by atoms with Gasteiger partial charge in [-0.1, -0.05) is 6.07 Å². The third-order valence-corrected chi connectivity index (χ3v) is 4.01. The van der Waals surface area contributed by atoms with Crippen molar-refractivity contribution in [2.45, 2.75) is 13.8 Å². The van der Waals surface area contributed by atoms with Gasteiger partial charge < -0.3 is 5.32 Å². The van der Waals surface area contributed by atoms with Gasteiger partial charge in [0.1, 0.15) is 17.5 Å². The van der Waals surface area contributed by atoms with Gasteiger partial charge >= 0.3 is 5.69 Å². The lowest BCUT2D eigenvalue weighted by Gasteiger charge is -2.12. The molecule has 1 N–H and O–H groups in total. The Morgan fingerprint density at radius 1 is 1.00 bits per heavy atom. The molecule has 7 heteroatoms. The number of nitrogens with one attached hydrogen (secondary N) is 1. The van der Waals surface area contributed by atoms with Crippen LogP contribution in [0.5, 0.6) is 0 Å². The van der Waals surface area contributed by atoms with Gasteiger partial charge in [-0.15, -0.1) is 0 Å². The van der Waals surface area contributed by atoms with Crippen LogP contribution in [0.3, 0.4) is 0 Å². The van der Waals surface area contributed by atoms with Crippen molar-refractivity contribution in [2.24, 2.45) is 14.1 Å². The Kier molecular flexibility index (Phi) is 3.48. The molecule has 3 rings (SSSR count). The second-order valence-electron chi connectivity index (χ2n) is 5.55. The van der Waals surface area contributed by atoms with Crippen LogP contribution in [0, 0.1) is 13.8 Å². The Hall–Kier alpha value is -2.96. The van der Waals surface area contributed by atoms with E-state index in [2.05, 4.69) is 15.3 Å². The van der Waals surface area contributed by atoms with Crippen LogP contribution in [0.4, 0.5) is 11.5 Å². The fourth-order valence-electron chi connectivity index (χ4n) is 2.45.